The molecule has 0 amide bonds. The van der Waals surface area contributed by atoms with Gasteiger partial charge in [0.25, 0.3) is 0 Å². The molecule has 1 rings (SSSR count). The number of nitrogens with zero attached hydrogens (tertiary/aromatic N) is 1. The molecule has 0 saturated heterocycles. The van der Waals surface area contributed by atoms with E-state index in [1.165, 1.54) is 98.6 Å². The zero-order valence-corrected chi connectivity index (χ0v) is 39.1. The first kappa shape index (κ1) is 55.2. The second-order valence-electron chi connectivity index (χ2n) is 15.5. The second-order valence-corrected chi connectivity index (χ2v) is 19.1. The summed E-state index contributed by atoms with van der Waals surface area (Å²) in [6.07, 6.45) is 40.0. The van der Waals surface area contributed by atoms with Crippen LogP contribution in [-0.4, -0.2) is 56.9 Å². The Balaban J connectivity index is 2.69. The van der Waals surface area contributed by atoms with Crippen molar-refractivity contribution in [2.24, 2.45) is 0 Å². The van der Waals surface area contributed by atoms with Crippen molar-refractivity contribution in [1.82, 2.24) is 10.3 Å². The average Bonchev–Trinajstić information content (AvgIpc) is 3.21. The summed E-state index contributed by atoms with van der Waals surface area (Å²) >= 11 is 0. The van der Waals surface area contributed by atoms with E-state index in [-0.39, 0.29) is 25.1 Å². The van der Waals surface area contributed by atoms with Crippen molar-refractivity contribution in [3.63, 3.8) is 0 Å². The lowest BCUT2D eigenvalue weighted by Gasteiger charge is -2.30. The third-order valence-electron chi connectivity index (χ3n) is 10.2. The molecule has 10 nitrogen and oxygen atoms in total. The van der Waals surface area contributed by atoms with Crippen molar-refractivity contribution in [3.05, 3.63) is 48.7 Å². The Morgan fingerprint density at radius 2 is 1.17 bits per heavy atom. The number of nitrogens with one attached hydrogen (secondary N) is 1. The molecular formula is C46H79N2O8PS2. The predicted molar refractivity (Wildman–Crippen MR) is 246 cm³/mol. The molecule has 59 heavy (non-hydrogen) atoms. The SMILES string of the molecule is CCCCCCCC/C=C\CCCCCCCC(=O)OC(=O)C(CSSc1ccccn1)(NCCOP(=O)(O)O)C(=O)CCCCCCC/C=C\CCCCCCCC. The minimum atomic E-state index is -4.78. The number of Topliss-reactive ketones (excluding diaryl/α,β-unsaturated/α-hetero) is 1. The smallest absolute Gasteiger partial charge is 0.391 e. The molecule has 1 aromatic heterocycles. The zero-order valence-electron chi connectivity index (χ0n) is 36.6. The van der Waals surface area contributed by atoms with Crippen molar-refractivity contribution in [3.8, 4) is 0 Å². The van der Waals surface area contributed by atoms with Crippen LogP contribution in [0.1, 0.15) is 194 Å². The molecule has 1 unspecified atom stereocenters. The van der Waals surface area contributed by atoms with Gasteiger partial charge >= 0.3 is 19.8 Å². The molecule has 0 aliphatic rings. The van der Waals surface area contributed by atoms with Crippen LogP contribution < -0.4 is 5.32 Å². The first-order valence-electron chi connectivity index (χ1n) is 22.9. The number of hydrogen-bond acceptors (Lipinski definition) is 10. The predicted octanol–water partition coefficient (Wildman–Crippen LogP) is 13.0. The van der Waals surface area contributed by atoms with Gasteiger partial charge in [-0.3, -0.25) is 19.4 Å². The van der Waals surface area contributed by atoms with Crippen LogP contribution in [0.5, 0.6) is 0 Å². The number of hydrogen-bond donors (Lipinski definition) is 3. The molecule has 13 heteroatoms. The van der Waals surface area contributed by atoms with Gasteiger partial charge in [-0.1, -0.05) is 158 Å². The highest BCUT2D eigenvalue weighted by Gasteiger charge is 2.47. The van der Waals surface area contributed by atoms with E-state index in [1.807, 2.05) is 12.1 Å². The van der Waals surface area contributed by atoms with Gasteiger partial charge in [-0.2, -0.15) is 0 Å². The van der Waals surface area contributed by atoms with Gasteiger partial charge in [0.05, 0.1) is 6.61 Å². The van der Waals surface area contributed by atoms with Crippen LogP contribution >= 0.6 is 29.4 Å². The maximum absolute atomic E-state index is 14.0. The lowest BCUT2D eigenvalue weighted by atomic mass is 9.91. The fourth-order valence-corrected chi connectivity index (χ4v) is 9.30. The number of aromatic nitrogens is 1. The number of ether oxygens (including phenoxy) is 1. The van der Waals surface area contributed by atoms with Gasteiger partial charge in [0, 0.05) is 31.3 Å². The van der Waals surface area contributed by atoms with Crippen LogP contribution in [0.4, 0.5) is 0 Å². The van der Waals surface area contributed by atoms with E-state index < -0.39 is 37.7 Å². The molecule has 1 heterocycles. The Labute approximate surface area is 365 Å². The van der Waals surface area contributed by atoms with Crippen molar-refractivity contribution in [2.45, 2.75) is 204 Å². The second kappa shape index (κ2) is 37.9. The largest absolute Gasteiger partial charge is 0.469 e. The highest BCUT2D eigenvalue weighted by atomic mass is 33.1. The summed E-state index contributed by atoms with van der Waals surface area (Å²) in [6, 6.07) is 5.43. The van der Waals surface area contributed by atoms with Gasteiger partial charge in [-0.25, -0.2) is 14.3 Å². The minimum absolute atomic E-state index is 0.0551. The van der Waals surface area contributed by atoms with Gasteiger partial charge in [0.2, 0.25) is 0 Å². The van der Waals surface area contributed by atoms with E-state index in [0.717, 1.165) is 77.0 Å². The first-order valence-corrected chi connectivity index (χ1v) is 26.7. The molecule has 0 bridgehead atoms. The zero-order chi connectivity index (χ0) is 43.1. The maximum atomic E-state index is 14.0. The third-order valence-corrected chi connectivity index (χ3v) is 13.0. The summed E-state index contributed by atoms with van der Waals surface area (Å²) in [4.78, 5) is 63.7. The standard InChI is InChI=1S/C46H79N2O8PS2/c1-3-5-7-9-11-13-15-17-19-21-23-25-27-29-31-35-42(49)46(48-39-40-55-57(52,53)54,41-58-59-43-36-33-34-38-47-43)45(51)56-44(50)37-32-30-28-26-24-22-20-18-16-14-12-10-8-6-4-2/h17-20,33-34,36,38,48H,3-16,21-32,35,37,39-41H2,1-2H3,(H2,52,53,54)/b19-17-,20-18-. The molecule has 0 saturated carbocycles. The van der Waals surface area contributed by atoms with Crippen LogP contribution in [0.25, 0.3) is 0 Å². The molecule has 0 fully saturated rings. The van der Waals surface area contributed by atoms with Gasteiger partial charge in [-0.15, -0.1) is 0 Å². The lowest BCUT2D eigenvalue weighted by molar-refractivity contribution is -0.165. The summed E-state index contributed by atoms with van der Waals surface area (Å²) in [5.74, 6) is -2.22. The topological polar surface area (TPSA) is 152 Å². The molecule has 0 aliphatic carbocycles. The molecule has 1 atom stereocenters. The Morgan fingerprint density at radius 1 is 0.695 bits per heavy atom. The number of esters is 2. The fourth-order valence-electron chi connectivity index (χ4n) is 6.63. The molecule has 0 radical (unpaired) electrons. The van der Waals surface area contributed by atoms with E-state index in [9.17, 15) is 28.7 Å². The van der Waals surface area contributed by atoms with Gasteiger partial charge < -0.3 is 14.5 Å². The molecule has 3 N–H and O–H groups in total. The van der Waals surface area contributed by atoms with Crippen LogP contribution in [0.15, 0.2) is 53.7 Å². The van der Waals surface area contributed by atoms with Crippen molar-refractivity contribution >= 4 is 47.1 Å². The molecule has 0 aromatic carbocycles. The van der Waals surface area contributed by atoms with Crippen molar-refractivity contribution in [2.75, 3.05) is 18.9 Å². The van der Waals surface area contributed by atoms with Crippen molar-refractivity contribution < 1.29 is 38.0 Å². The lowest BCUT2D eigenvalue weighted by Crippen LogP contribution is -2.61. The average molecular weight is 883 g/mol. The first-order chi connectivity index (χ1) is 28.6. The normalized spacial score (nSPS) is 13.0. The van der Waals surface area contributed by atoms with Crippen LogP contribution in [0, 0.1) is 0 Å². The number of phosphoric ester groups is 1. The van der Waals surface area contributed by atoms with E-state index >= 15 is 0 Å². The van der Waals surface area contributed by atoms with Gasteiger partial charge in [0.15, 0.2) is 11.3 Å². The summed E-state index contributed by atoms with van der Waals surface area (Å²) in [5.41, 5.74) is -1.93. The summed E-state index contributed by atoms with van der Waals surface area (Å²) in [5, 5.41) is 3.58. The molecule has 0 spiro atoms. The van der Waals surface area contributed by atoms with E-state index in [2.05, 4.69) is 53.0 Å². The Morgan fingerprint density at radius 3 is 1.64 bits per heavy atom. The van der Waals surface area contributed by atoms with Crippen LogP contribution in [0.2, 0.25) is 0 Å². The molecular weight excluding hydrogens is 804 g/mol. The molecule has 338 valence electrons. The number of allylic oxidation sites excluding steroid dienone is 4. The van der Waals surface area contributed by atoms with Crippen LogP contribution in [-0.2, 0) is 28.2 Å². The van der Waals surface area contributed by atoms with Crippen molar-refractivity contribution in [1.29, 1.82) is 0 Å². The monoisotopic (exact) mass is 883 g/mol. The van der Waals surface area contributed by atoms with Gasteiger partial charge in [0.1, 0.15) is 5.03 Å². The molecule has 1 aromatic rings. The van der Waals surface area contributed by atoms with E-state index in [4.69, 9.17) is 4.74 Å². The van der Waals surface area contributed by atoms with Crippen LogP contribution in [0.3, 0.4) is 0 Å². The number of carbonyl (C=O) groups excluding carboxylic acids is 3. The number of pyridine rings is 1. The summed E-state index contributed by atoms with van der Waals surface area (Å²) in [6.45, 7) is 3.79. The third kappa shape index (κ3) is 31.7. The maximum Gasteiger partial charge on any atom is 0.469 e. The summed E-state index contributed by atoms with van der Waals surface area (Å²) in [7, 11) is -2.28. The number of phosphoric acid groups is 1. The number of carbonyl (C=O) groups is 3. The minimum Gasteiger partial charge on any atom is -0.391 e. The highest BCUT2D eigenvalue weighted by molar-refractivity contribution is 8.76. The quantitative estimate of drug-likeness (QED) is 0.0143. The fraction of sp³-hybridized carbons (Fsp3) is 0.739. The highest BCUT2D eigenvalue weighted by Crippen LogP contribution is 2.36. The number of unbranched alkanes of at least 4 members (excludes halogenated alkanes) is 22. The van der Waals surface area contributed by atoms with E-state index in [1.54, 1.807) is 12.3 Å². The Bertz CT molecular complexity index is 1310. The Kier molecular flexibility index (Phi) is 35.5. The summed E-state index contributed by atoms with van der Waals surface area (Å²) < 4.78 is 21.4. The number of ketones is 1. The Hall–Kier alpha value is -1.79. The number of rotatable bonds is 41. The van der Waals surface area contributed by atoms with Gasteiger partial charge in [-0.05, 0) is 87.1 Å². The van der Waals surface area contributed by atoms with E-state index in [0.29, 0.717) is 17.9 Å². The molecule has 0 aliphatic heterocycles.